The number of nitriles is 1. The van der Waals surface area contributed by atoms with Gasteiger partial charge in [0.2, 0.25) is 0 Å². The maximum absolute atomic E-state index is 12.7. The second kappa shape index (κ2) is 13.1. The van der Waals surface area contributed by atoms with Crippen molar-refractivity contribution >= 4 is 52.5 Å². The molecule has 0 aromatic heterocycles. The van der Waals surface area contributed by atoms with E-state index in [2.05, 4.69) is 5.32 Å². The van der Waals surface area contributed by atoms with Gasteiger partial charge in [-0.2, -0.15) is 5.26 Å². The molecule has 186 valence electrons. The summed E-state index contributed by atoms with van der Waals surface area (Å²) in [5.74, 6) is 0.847. The van der Waals surface area contributed by atoms with Gasteiger partial charge in [-0.15, -0.1) is 0 Å². The number of ether oxygens (including phenoxy) is 3. The van der Waals surface area contributed by atoms with E-state index in [1.165, 1.54) is 13.2 Å². The van der Waals surface area contributed by atoms with Crippen LogP contribution in [0.4, 0.5) is 5.69 Å². The second-order valence-electron chi connectivity index (χ2n) is 7.56. The molecule has 0 aliphatic heterocycles. The molecule has 0 heterocycles. The average Bonchev–Trinajstić information content (AvgIpc) is 2.86. The van der Waals surface area contributed by atoms with Crippen LogP contribution in [0.25, 0.3) is 6.08 Å². The third-order valence-electron chi connectivity index (χ3n) is 4.90. The van der Waals surface area contributed by atoms with Gasteiger partial charge in [-0.05, 0) is 66.6 Å². The number of carbonyl (C=O) groups is 1. The molecule has 0 aliphatic rings. The Morgan fingerprint density at radius 2 is 1.78 bits per heavy atom. The molecule has 3 aromatic carbocycles. The Hall–Kier alpha value is -3.37. The van der Waals surface area contributed by atoms with Crippen LogP contribution < -0.4 is 19.5 Å². The summed E-state index contributed by atoms with van der Waals surface area (Å²) in [6.07, 6.45) is 2.24. The predicted octanol–water partition coefficient (Wildman–Crippen LogP) is 7.57. The summed E-state index contributed by atoms with van der Waals surface area (Å²) in [6.45, 7) is 2.72. The summed E-state index contributed by atoms with van der Waals surface area (Å²) >= 11 is 18.4. The monoisotopic (exact) mass is 544 g/mol. The van der Waals surface area contributed by atoms with Gasteiger partial charge >= 0.3 is 0 Å². The SMILES string of the molecule is CCCOc1c(Cl)cc(/C=C(\C#N)C(=O)Nc2ccc(OCc3ccc(Cl)cc3Cl)cc2)cc1OC. The van der Waals surface area contributed by atoms with E-state index in [-0.39, 0.29) is 12.2 Å². The third-order valence-corrected chi connectivity index (χ3v) is 5.77. The summed E-state index contributed by atoms with van der Waals surface area (Å²) in [5, 5.41) is 13.6. The molecule has 0 aliphatic carbocycles. The van der Waals surface area contributed by atoms with Crippen LogP contribution in [0, 0.1) is 11.3 Å². The Balaban J connectivity index is 1.68. The highest BCUT2D eigenvalue weighted by Crippen LogP contribution is 2.37. The third kappa shape index (κ3) is 7.32. The lowest BCUT2D eigenvalue weighted by atomic mass is 10.1. The second-order valence-corrected chi connectivity index (χ2v) is 8.81. The predicted molar refractivity (Wildman–Crippen MR) is 143 cm³/mol. The Kier molecular flexibility index (Phi) is 9.89. The molecule has 1 amide bonds. The number of halogens is 3. The van der Waals surface area contributed by atoms with Crippen LogP contribution in [-0.4, -0.2) is 19.6 Å². The number of rotatable bonds is 10. The van der Waals surface area contributed by atoms with Gasteiger partial charge in [0.05, 0.1) is 18.7 Å². The molecule has 3 rings (SSSR count). The zero-order valence-electron chi connectivity index (χ0n) is 19.6. The van der Waals surface area contributed by atoms with E-state index < -0.39 is 5.91 Å². The highest BCUT2D eigenvalue weighted by atomic mass is 35.5. The summed E-state index contributed by atoms with van der Waals surface area (Å²) < 4.78 is 16.7. The molecule has 0 unspecified atom stereocenters. The smallest absolute Gasteiger partial charge is 0.266 e. The first-order valence-corrected chi connectivity index (χ1v) is 12.1. The van der Waals surface area contributed by atoms with Crippen molar-refractivity contribution < 1.29 is 19.0 Å². The molecule has 36 heavy (non-hydrogen) atoms. The standard InChI is InChI=1S/C27H23Cl3N2O4/c1-3-10-35-26-24(30)12-17(13-25(26)34-2)11-19(15-31)27(33)32-21-6-8-22(9-7-21)36-16-18-4-5-20(28)14-23(18)29/h4-9,11-14H,3,10,16H2,1-2H3,(H,32,33)/b19-11+. The Labute approximate surface area is 224 Å². The Morgan fingerprint density at radius 3 is 2.42 bits per heavy atom. The first kappa shape index (κ1) is 27.2. The van der Waals surface area contributed by atoms with Crippen LogP contribution >= 0.6 is 34.8 Å². The van der Waals surface area contributed by atoms with E-state index in [1.807, 2.05) is 13.0 Å². The van der Waals surface area contributed by atoms with Crippen LogP contribution in [-0.2, 0) is 11.4 Å². The fraction of sp³-hybridized carbons (Fsp3) is 0.185. The molecule has 3 aromatic rings. The van der Waals surface area contributed by atoms with Crippen molar-refractivity contribution in [2.24, 2.45) is 0 Å². The highest BCUT2D eigenvalue weighted by Gasteiger charge is 2.14. The number of nitrogens with one attached hydrogen (secondary N) is 1. The molecule has 6 nitrogen and oxygen atoms in total. The van der Waals surface area contributed by atoms with E-state index >= 15 is 0 Å². The number of hydrogen-bond donors (Lipinski definition) is 1. The lowest BCUT2D eigenvalue weighted by Crippen LogP contribution is -2.13. The highest BCUT2D eigenvalue weighted by molar-refractivity contribution is 6.35. The molecule has 1 N–H and O–H groups in total. The number of hydrogen-bond acceptors (Lipinski definition) is 5. The number of carbonyl (C=O) groups excluding carboxylic acids is 1. The average molecular weight is 546 g/mol. The Morgan fingerprint density at radius 1 is 1.03 bits per heavy atom. The molecular weight excluding hydrogens is 523 g/mol. The summed E-state index contributed by atoms with van der Waals surface area (Å²) in [5.41, 5.74) is 1.71. The van der Waals surface area contributed by atoms with Crippen LogP contribution in [0.5, 0.6) is 17.2 Å². The minimum absolute atomic E-state index is 0.104. The molecule has 0 atom stereocenters. The van der Waals surface area contributed by atoms with Crippen LogP contribution in [0.2, 0.25) is 15.1 Å². The van der Waals surface area contributed by atoms with Crippen LogP contribution in [0.15, 0.2) is 60.2 Å². The number of nitrogens with zero attached hydrogens (tertiary/aromatic N) is 1. The van der Waals surface area contributed by atoms with Crippen LogP contribution in [0.1, 0.15) is 24.5 Å². The number of amides is 1. The maximum Gasteiger partial charge on any atom is 0.266 e. The van der Waals surface area contributed by atoms with Gasteiger partial charge in [-0.25, -0.2) is 0 Å². The van der Waals surface area contributed by atoms with Gasteiger partial charge in [-0.3, -0.25) is 4.79 Å². The van der Waals surface area contributed by atoms with Crippen molar-refractivity contribution in [2.75, 3.05) is 19.0 Å². The van der Waals surface area contributed by atoms with Gasteiger partial charge in [0.25, 0.3) is 5.91 Å². The van der Waals surface area contributed by atoms with Crippen molar-refractivity contribution in [3.05, 3.63) is 86.4 Å². The summed E-state index contributed by atoms with van der Waals surface area (Å²) in [4.78, 5) is 12.7. The summed E-state index contributed by atoms with van der Waals surface area (Å²) in [6, 6.07) is 17.1. The number of anilines is 1. The van der Waals surface area contributed by atoms with E-state index in [4.69, 9.17) is 49.0 Å². The van der Waals surface area contributed by atoms with Gasteiger partial charge in [0, 0.05) is 21.3 Å². The van der Waals surface area contributed by atoms with E-state index in [1.54, 1.807) is 54.6 Å². The quantitative estimate of drug-likeness (QED) is 0.210. The Bertz CT molecular complexity index is 1300. The van der Waals surface area contributed by atoms with Gasteiger partial charge in [0.15, 0.2) is 11.5 Å². The van der Waals surface area contributed by atoms with E-state index in [9.17, 15) is 10.1 Å². The van der Waals surface area contributed by atoms with Crippen molar-refractivity contribution in [1.29, 1.82) is 5.26 Å². The first-order valence-electron chi connectivity index (χ1n) is 10.9. The van der Waals surface area contributed by atoms with Crippen molar-refractivity contribution in [3.63, 3.8) is 0 Å². The fourth-order valence-corrected chi connectivity index (χ4v) is 3.85. The zero-order chi connectivity index (χ0) is 26.1. The first-order chi connectivity index (χ1) is 17.3. The minimum atomic E-state index is -0.569. The molecular formula is C27H23Cl3N2O4. The molecule has 0 bridgehead atoms. The minimum Gasteiger partial charge on any atom is -0.493 e. The maximum atomic E-state index is 12.7. The zero-order valence-corrected chi connectivity index (χ0v) is 21.9. The van der Waals surface area contributed by atoms with Crippen LogP contribution in [0.3, 0.4) is 0 Å². The van der Waals surface area contributed by atoms with Gasteiger partial charge in [0.1, 0.15) is 24.0 Å². The lowest BCUT2D eigenvalue weighted by Gasteiger charge is -2.13. The van der Waals surface area contributed by atoms with Gasteiger partial charge in [-0.1, -0.05) is 47.8 Å². The normalized spacial score (nSPS) is 10.9. The van der Waals surface area contributed by atoms with Crippen molar-refractivity contribution in [2.45, 2.75) is 20.0 Å². The fourth-order valence-electron chi connectivity index (χ4n) is 3.12. The molecule has 0 saturated carbocycles. The number of methoxy groups -OCH3 is 1. The van der Waals surface area contributed by atoms with Crippen molar-refractivity contribution in [1.82, 2.24) is 0 Å². The molecule has 0 spiro atoms. The number of benzene rings is 3. The molecule has 9 heteroatoms. The molecule has 0 fully saturated rings. The topological polar surface area (TPSA) is 80.6 Å². The van der Waals surface area contributed by atoms with Gasteiger partial charge < -0.3 is 19.5 Å². The largest absolute Gasteiger partial charge is 0.493 e. The van der Waals surface area contributed by atoms with Crippen molar-refractivity contribution in [3.8, 4) is 23.3 Å². The van der Waals surface area contributed by atoms with E-state index in [0.717, 1.165) is 12.0 Å². The summed E-state index contributed by atoms with van der Waals surface area (Å²) in [7, 11) is 1.49. The van der Waals surface area contributed by atoms with E-state index in [0.29, 0.717) is 50.2 Å². The molecule has 0 saturated heterocycles. The molecule has 0 radical (unpaired) electrons. The lowest BCUT2D eigenvalue weighted by molar-refractivity contribution is -0.112.